The van der Waals surface area contributed by atoms with Crippen LogP contribution in [0.25, 0.3) is 0 Å². The van der Waals surface area contributed by atoms with E-state index in [9.17, 15) is 9.18 Å². The minimum Gasteiger partial charge on any atom is -0.478 e. The van der Waals surface area contributed by atoms with Crippen molar-refractivity contribution >= 4 is 5.97 Å². The predicted molar refractivity (Wildman–Crippen MR) is 67.1 cm³/mol. The molecular weight excluding hydrogens is 233 g/mol. The molecule has 1 aromatic carbocycles. The number of benzene rings is 1. The summed E-state index contributed by atoms with van der Waals surface area (Å²) in [5.41, 5.74) is 0.527. The minimum atomic E-state index is -1.22. The maximum Gasteiger partial charge on any atom is 0.338 e. The molecule has 1 aliphatic carbocycles. The van der Waals surface area contributed by atoms with E-state index in [2.05, 4.69) is 5.32 Å². The van der Waals surface area contributed by atoms with E-state index in [1.165, 1.54) is 44.2 Å². The van der Waals surface area contributed by atoms with Gasteiger partial charge in [0.1, 0.15) is 5.82 Å². The smallest absolute Gasteiger partial charge is 0.338 e. The fourth-order valence-electron chi connectivity index (χ4n) is 2.41. The van der Waals surface area contributed by atoms with Gasteiger partial charge < -0.3 is 10.4 Å². The molecule has 0 atom stereocenters. The highest BCUT2D eigenvalue weighted by Crippen LogP contribution is 2.18. The van der Waals surface area contributed by atoms with Crippen molar-refractivity contribution in [2.45, 2.75) is 44.7 Å². The summed E-state index contributed by atoms with van der Waals surface area (Å²) in [6, 6.07) is 4.82. The second-order valence-electron chi connectivity index (χ2n) is 4.84. The Hall–Kier alpha value is -1.42. The molecule has 2 rings (SSSR count). The molecule has 1 saturated carbocycles. The SMILES string of the molecule is O=C(O)c1ccc(CNC2CCCCC2)cc1F. The second kappa shape index (κ2) is 5.96. The van der Waals surface area contributed by atoms with Gasteiger partial charge in [-0.15, -0.1) is 0 Å². The molecule has 2 N–H and O–H groups in total. The molecule has 18 heavy (non-hydrogen) atoms. The first-order valence-corrected chi connectivity index (χ1v) is 6.42. The molecule has 0 bridgehead atoms. The second-order valence-corrected chi connectivity index (χ2v) is 4.84. The van der Waals surface area contributed by atoms with Gasteiger partial charge in [-0.2, -0.15) is 0 Å². The van der Waals surface area contributed by atoms with E-state index in [0.29, 0.717) is 12.6 Å². The number of nitrogens with one attached hydrogen (secondary N) is 1. The van der Waals surface area contributed by atoms with Gasteiger partial charge in [0, 0.05) is 12.6 Å². The third-order valence-corrected chi connectivity index (χ3v) is 3.46. The number of hydrogen-bond acceptors (Lipinski definition) is 2. The van der Waals surface area contributed by atoms with E-state index in [1.54, 1.807) is 6.07 Å². The first kappa shape index (κ1) is 13.0. The number of carboxylic acid groups (broad SMARTS) is 1. The Bertz CT molecular complexity index is 428. The zero-order valence-corrected chi connectivity index (χ0v) is 10.3. The van der Waals surface area contributed by atoms with Crippen LogP contribution in [0, 0.1) is 5.82 Å². The van der Waals surface area contributed by atoms with Crippen molar-refractivity contribution in [1.29, 1.82) is 0 Å². The molecule has 0 radical (unpaired) electrons. The highest BCUT2D eigenvalue weighted by molar-refractivity contribution is 5.87. The average molecular weight is 251 g/mol. The van der Waals surface area contributed by atoms with Gasteiger partial charge >= 0.3 is 5.97 Å². The summed E-state index contributed by atoms with van der Waals surface area (Å²) in [5.74, 6) is -1.88. The Morgan fingerprint density at radius 1 is 1.33 bits per heavy atom. The van der Waals surface area contributed by atoms with Gasteiger partial charge in [-0.05, 0) is 30.5 Å². The molecule has 0 amide bonds. The van der Waals surface area contributed by atoms with Crippen molar-refractivity contribution in [2.75, 3.05) is 0 Å². The number of aromatic carboxylic acids is 1. The van der Waals surface area contributed by atoms with E-state index in [1.807, 2.05) is 0 Å². The standard InChI is InChI=1S/C14H18FNO2/c15-13-8-10(6-7-12(13)14(17)18)9-16-11-4-2-1-3-5-11/h6-8,11,16H,1-5,9H2,(H,17,18). The molecule has 1 fully saturated rings. The van der Waals surface area contributed by atoms with Gasteiger partial charge in [-0.25, -0.2) is 9.18 Å². The van der Waals surface area contributed by atoms with Gasteiger partial charge in [-0.3, -0.25) is 0 Å². The summed E-state index contributed by atoms with van der Waals surface area (Å²) in [7, 11) is 0. The van der Waals surface area contributed by atoms with Crippen LogP contribution in [0.3, 0.4) is 0 Å². The van der Waals surface area contributed by atoms with Crippen LogP contribution >= 0.6 is 0 Å². The van der Waals surface area contributed by atoms with Crippen molar-refractivity contribution in [3.63, 3.8) is 0 Å². The van der Waals surface area contributed by atoms with Crippen molar-refractivity contribution in [3.8, 4) is 0 Å². The third kappa shape index (κ3) is 3.29. The molecule has 0 saturated heterocycles. The predicted octanol–water partition coefficient (Wildman–Crippen LogP) is 2.95. The molecule has 1 aromatic rings. The van der Waals surface area contributed by atoms with Crippen LogP contribution in [0.4, 0.5) is 4.39 Å². The van der Waals surface area contributed by atoms with Crippen LogP contribution in [0.15, 0.2) is 18.2 Å². The summed E-state index contributed by atoms with van der Waals surface area (Å²) >= 11 is 0. The number of carboxylic acids is 1. The largest absolute Gasteiger partial charge is 0.478 e. The van der Waals surface area contributed by atoms with E-state index in [4.69, 9.17) is 5.11 Å². The van der Waals surface area contributed by atoms with Crippen LogP contribution in [-0.4, -0.2) is 17.1 Å². The van der Waals surface area contributed by atoms with E-state index in [-0.39, 0.29) is 5.56 Å². The van der Waals surface area contributed by atoms with Gasteiger partial charge in [0.05, 0.1) is 5.56 Å². The van der Waals surface area contributed by atoms with Gasteiger partial charge in [0.25, 0.3) is 0 Å². The Labute approximate surface area is 106 Å². The van der Waals surface area contributed by atoms with Crippen LogP contribution < -0.4 is 5.32 Å². The fourth-order valence-corrected chi connectivity index (χ4v) is 2.41. The minimum absolute atomic E-state index is 0.267. The Morgan fingerprint density at radius 2 is 2.06 bits per heavy atom. The molecule has 1 aliphatic rings. The van der Waals surface area contributed by atoms with Crippen molar-refractivity contribution in [3.05, 3.63) is 35.1 Å². The van der Waals surface area contributed by atoms with Crippen molar-refractivity contribution in [2.24, 2.45) is 0 Å². The molecule has 4 heteroatoms. The lowest BCUT2D eigenvalue weighted by Crippen LogP contribution is -2.30. The number of hydrogen-bond donors (Lipinski definition) is 2. The van der Waals surface area contributed by atoms with Crippen LogP contribution in [0.2, 0.25) is 0 Å². The maximum absolute atomic E-state index is 13.5. The molecule has 98 valence electrons. The van der Waals surface area contributed by atoms with Crippen molar-refractivity contribution < 1.29 is 14.3 Å². The third-order valence-electron chi connectivity index (χ3n) is 3.46. The van der Waals surface area contributed by atoms with Gasteiger partial charge in [0.2, 0.25) is 0 Å². The summed E-state index contributed by atoms with van der Waals surface area (Å²) < 4.78 is 13.5. The van der Waals surface area contributed by atoms with Gasteiger partial charge in [-0.1, -0.05) is 25.3 Å². The fraction of sp³-hybridized carbons (Fsp3) is 0.500. The molecule has 3 nitrogen and oxygen atoms in total. The highest BCUT2D eigenvalue weighted by Gasteiger charge is 2.14. The van der Waals surface area contributed by atoms with Crippen LogP contribution in [0.5, 0.6) is 0 Å². The summed E-state index contributed by atoms with van der Waals surface area (Å²) in [6.07, 6.45) is 6.17. The zero-order chi connectivity index (χ0) is 13.0. The molecular formula is C14H18FNO2. The monoisotopic (exact) mass is 251 g/mol. The normalized spacial score (nSPS) is 16.7. The summed E-state index contributed by atoms with van der Waals surface area (Å²) in [6.45, 7) is 0.599. The molecule has 0 aromatic heterocycles. The topological polar surface area (TPSA) is 49.3 Å². The highest BCUT2D eigenvalue weighted by atomic mass is 19.1. The molecule has 0 heterocycles. The number of halogens is 1. The lowest BCUT2D eigenvalue weighted by atomic mass is 9.95. The average Bonchev–Trinajstić information content (AvgIpc) is 2.37. The maximum atomic E-state index is 13.5. The van der Waals surface area contributed by atoms with E-state index >= 15 is 0 Å². The molecule has 0 spiro atoms. The Kier molecular flexibility index (Phi) is 4.31. The summed E-state index contributed by atoms with van der Waals surface area (Å²) in [4.78, 5) is 10.7. The molecule has 0 aliphatic heterocycles. The number of carbonyl (C=O) groups is 1. The lowest BCUT2D eigenvalue weighted by Gasteiger charge is -2.22. The number of rotatable bonds is 4. The first-order valence-electron chi connectivity index (χ1n) is 6.42. The molecule has 0 unspecified atom stereocenters. The van der Waals surface area contributed by atoms with E-state index in [0.717, 1.165) is 5.56 Å². The Morgan fingerprint density at radius 3 is 2.67 bits per heavy atom. The quantitative estimate of drug-likeness (QED) is 0.865. The van der Waals surface area contributed by atoms with Gasteiger partial charge in [0.15, 0.2) is 0 Å². The van der Waals surface area contributed by atoms with Crippen LogP contribution in [0.1, 0.15) is 48.0 Å². The first-order chi connectivity index (χ1) is 8.66. The van der Waals surface area contributed by atoms with E-state index < -0.39 is 11.8 Å². The van der Waals surface area contributed by atoms with Crippen molar-refractivity contribution in [1.82, 2.24) is 5.32 Å². The van der Waals surface area contributed by atoms with Crippen LogP contribution in [-0.2, 0) is 6.54 Å². The summed E-state index contributed by atoms with van der Waals surface area (Å²) in [5, 5.41) is 12.1. The lowest BCUT2D eigenvalue weighted by molar-refractivity contribution is 0.0692. The Balaban J connectivity index is 1.93. The zero-order valence-electron chi connectivity index (χ0n) is 10.3.